The second-order valence-electron chi connectivity index (χ2n) is 9.51. The summed E-state index contributed by atoms with van der Waals surface area (Å²) in [6.07, 6.45) is 1.30. The lowest BCUT2D eigenvalue weighted by Gasteiger charge is -2.25. The van der Waals surface area contributed by atoms with Crippen LogP contribution in [-0.2, 0) is 9.53 Å². The van der Waals surface area contributed by atoms with E-state index in [-0.39, 0.29) is 17.8 Å². The maximum absolute atomic E-state index is 13.9. The molecule has 0 radical (unpaired) electrons. The van der Waals surface area contributed by atoms with E-state index in [4.69, 9.17) is 30.5 Å². The van der Waals surface area contributed by atoms with Crippen molar-refractivity contribution in [1.82, 2.24) is 4.57 Å². The molecule has 1 atom stereocenters. The molecule has 0 aliphatic carbocycles. The molecule has 206 valence electrons. The molecule has 2 heterocycles. The number of halogens is 1. The highest BCUT2D eigenvalue weighted by atomic mass is 35.5. The summed E-state index contributed by atoms with van der Waals surface area (Å²) in [6, 6.07) is 10.0. The Hall–Kier alpha value is -3.56. The van der Waals surface area contributed by atoms with Crippen molar-refractivity contribution in [1.29, 1.82) is 0 Å². The monoisotopic (exact) mass is 570 g/mol. The molecular weight excluding hydrogens is 540 g/mol. The Morgan fingerprint density at radius 3 is 2.36 bits per heavy atom. The van der Waals surface area contributed by atoms with Gasteiger partial charge in [-0.15, -0.1) is 0 Å². The fourth-order valence-corrected chi connectivity index (χ4v) is 5.60. The number of carbonyl (C=O) groups is 1. The molecule has 39 heavy (non-hydrogen) atoms. The molecule has 0 bridgehead atoms. The Morgan fingerprint density at radius 1 is 1.08 bits per heavy atom. The van der Waals surface area contributed by atoms with E-state index < -0.39 is 12.0 Å². The van der Waals surface area contributed by atoms with E-state index in [1.165, 1.54) is 23.0 Å². The largest absolute Gasteiger partial charge is 0.497 e. The van der Waals surface area contributed by atoms with Crippen LogP contribution in [0.3, 0.4) is 0 Å². The van der Waals surface area contributed by atoms with Crippen molar-refractivity contribution in [3.8, 4) is 17.2 Å². The topological polar surface area (TPSA) is 88.4 Å². The third-order valence-electron chi connectivity index (χ3n) is 5.92. The van der Waals surface area contributed by atoms with E-state index in [2.05, 4.69) is 4.99 Å². The highest BCUT2D eigenvalue weighted by molar-refractivity contribution is 7.07. The van der Waals surface area contributed by atoms with Gasteiger partial charge in [-0.2, -0.15) is 0 Å². The number of carbonyl (C=O) groups excluding carboxylic acids is 1. The fraction of sp³-hybridized carbons (Fsp3) is 0.345. The predicted octanol–water partition coefficient (Wildman–Crippen LogP) is 4.64. The second-order valence-corrected chi connectivity index (χ2v) is 10.9. The van der Waals surface area contributed by atoms with E-state index >= 15 is 0 Å². The molecular formula is C29H31ClN2O6S. The molecule has 1 aliphatic rings. The molecule has 0 spiro atoms. The zero-order chi connectivity index (χ0) is 28.4. The van der Waals surface area contributed by atoms with Gasteiger partial charge in [0.2, 0.25) is 0 Å². The molecule has 10 heteroatoms. The Balaban J connectivity index is 1.90. The molecule has 8 nitrogen and oxygen atoms in total. The summed E-state index contributed by atoms with van der Waals surface area (Å²) in [5, 5.41) is 0.368. The van der Waals surface area contributed by atoms with Crippen LogP contribution in [0.4, 0.5) is 0 Å². The molecule has 0 unspecified atom stereocenters. The zero-order valence-corrected chi connectivity index (χ0v) is 24.5. The average molecular weight is 571 g/mol. The molecule has 3 aromatic rings. The van der Waals surface area contributed by atoms with Crippen LogP contribution < -0.4 is 29.1 Å². The van der Waals surface area contributed by atoms with Crippen molar-refractivity contribution in [2.45, 2.75) is 52.9 Å². The number of benzene rings is 2. The van der Waals surface area contributed by atoms with Crippen molar-refractivity contribution in [3.63, 3.8) is 0 Å². The van der Waals surface area contributed by atoms with Crippen LogP contribution in [0.15, 0.2) is 57.5 Å². The van der Waals surface area contributed by atoms with E-state index in [1.54, 1.807) is 58.2 Å². The first kappa shape index (κ1) is 28.4. The summed E-state index contributed by atoms with van der Waals surface area (Å²) < 4.78 is 24.1. The van der Waals surface area contributed by atoms with Gasteiger partial charge >= 0.3 is 5.97 Å². The standard InChI is InChI=1S/C29H31ClN2O6S/c1-15(2)37-26-21(30)12-18(13-22(26)36-7)14-23-27(33)32-25(19-8-10-20(35-6)11-9-19)24(28(34)38-16(3)4)17(5)31-29(32)39-23/h8-16,25H,1-7H3/b23-14-/t25-/m1/s1. The average Bonchev–Trinajstić information content (AvgIpc) is 3.18. The minimum absolute atomic E-state index is 0.0938. The number of fused-ring (bicyclic) bond motifs is 1. The third-order valence-corrected chi connectivity index (χ3v) is 7.18. The summed E-state index contributed by atoms with van der Waals surface area (Å²) in [6.45, 7) is 9.11. The molecule has 0 fully saturated rings. The maximum atomic E-state index is 13.9. The van der Waals surface area contributed by atoms with E-state index in [9.17, 15) is 9.59 Å². The van der Waals surface area contributed by atoms with E-state index in [0.717, 1.165) is 5.56 Å². The number of hydrogen-bond acceptors (Lipinski definition) is 8. The van der Waals surface area contributed by atoms with Crippen molar-refractivity contribution in [2.75, 3.05) is 14.2 Å². The lowest BCUT2D eigenvalue weighted by molar-refractivity contribution is -0.143. The molecule has 4 rings (SSSR count). The molecule has 0 amide bonds. The predicted molar refractivity (Wildman–Crippen MR) is 152 cm³/mol. The molecule has 0 N–H and O–H groups in total. The SMILES string of the molecule is COc1ccc([C@@H]2C(C(=O)OC(C)C)=C(C)N=c3s/c(=C\c4cc(Cl)c(OC(C)C)c(OC)c4)c(=O)n32)cc1. The Morgan fingerprint density at radius 2 is 1.77 bits per heavy atom. The van der Waals surface area contributed by atoms with Crippen molar-refractivity contribution < 1.29 is 23.7 Å². The fourth-order valence-electron chi connectivity index (χ4n) is 4.29. The lowest BCUT2D eigenvalue weighted by Crippen LogP contribution is -2.40. The Kier molecular flexibility index (Phi) is 8.51. The van der Waals surface area contributed by atoms with Crippen molar-refractivity contribution in [2.24, 2.45) is 4.99 Å². The number of esters is 1. The zero-order valence-electron chi connectivity index (χ0n) is 22.9. The van der Waals surface area contributed by atoms with Crippen LogP contribution in [-0.4, -0.2) is 37.0 Å². The minimum atomic E-state index is -0.722. The number of hydrogen-bond donors (Lipinski definition) is 0. The number of rotatable bonds is 8. The van der Waals surface area contributed by atoms with Gasteiger partial charge in [-0.1, -0.05) is 35.1 Å². The van der Waals surface area contributed by atoms with Crippen molar-refractivity contribution >= 4 is 35.0 Å². The summed E-state index contributed by atoms with van der Waals surface area (Å²) in [5.74, 6) is 1.05. The number of ether oxygens (including phenoxy) is 4. The van der Waals surface area contributed by atoms with Gasteiger partial charge in [0.15, 0.2) is 16.3 Å². The Labute approximate surface area is 235 Å². The van der Waals surface area contributed by atoms with E-state index in [0.29, 0.717) is 48.4 Å². The van der Waals surface area contributed by atoms with Crippen molar-refractivity contribution in [3.05, 3.63) is 83.5 Å². The first-order chi connectivity index (χ1) is 18.5. The van der Waals surface area contributed by atoms with Crippen LogP contribution >= 0.6 is 22.9 Å². The van der Waals surface area contributed by atoms with Gasteiger partial charge in [-0.05, 0) is 76.1 Å². The first-order valence-electron chi connectivity index (χ1n) is 12.5. The van der Waals surface area contributed by atoms with Gasteiger partial charge in [-0.3, -0.25) is 9.36 Å². The number of nitrogens with zero attached hydrogens (tertiary/aromatic N) is 2. The number of allylic oxidation sites excluding steroid dienone is 1. The minimum Gasteiger partial charge on any atom is -0.497 e. The summed E-state index contributed by atoms with van der Waals surface area (Å²) in [7, 11) is 3.11. The van der Waals surface area contributed by atoms with Gasteiger partial charge in [0.05, 0.1) is 53.3 Å². The van der Waals surface area contributed by atoms with Crippen LogP contribution in [0.25, 0.3) is 6.08 Å². The van der Waals surface area contributed by atoms with Gasteiger partial charge < -0.3 is 18.9 Å². The van der Waals surface area contributed by atoms with Crippen LogP contribution in [0.2, 0.25) is 5.02 Å². The number of thiazole rings is 1. The quantitative estimate of drug-likeness (QED) is 0.367. The lowest BCUT2D eigenvalue weighted by atomic mass is 9.96. The summed E-state index contributed by atoms with van der Waals surface area (Å²) >= 11 is 7.75. The number of methoxy groups -OCH3 is 2. The normalized spacial score (nSPS) is 15.3. The molecule has 1 aliphatic heterocycles. The number of aromatic nitrogens is 1. The highest BCUT2D eigenvalue weighted by Crippen LogP contribution is 2.37. The van der Waals surface area contributed by atoms with Crippen LogP contribution in [0, 0.1) is 0 Å². The summed E-state index contributed by atoms with van der Waals surface area (Å²) in [4.78, 5) is 32.2. The van der Waals surface area contributed by atoms with Gasteiger partial charge in [0, 0.05) is 0 Å². The first-order valence-corrected chi connectivity index (χ1v) is 13.6. The summed E-state index contributed by atoms with van der Waals surface area (Å²) in [5.41, 5.74) is 1.91. The van der Waals surface area contributed by atoms with Crippen LogP contribution in [0.5, 0.6) is 17.2 Å². The Bertz CT molecular complexity index is 1600. The highest BCUT2D eigenvalue weighted by Gasteiger charge is 2.33. The third kappa shape index (κ3) is 5.89. The molecule has 1 aromatic heterocycles. The van der Waals surface area contributed by atoms with Gasteiger partial charge in [-0.25, -0.2) is 9.79 Å². The van der Waals surface area contributed by atoms with Gasteiger partial charge in [0.1, 0.15) is 5.75 Å². The smallest absolute Gasteiger partial charge is 0.338 e. The van der Waals surface area contributed by atoms with Crippen LogP contribution in [0.1, 0.15) is 51.8 Å². The molecule has 0 saturated carbocycles. The molecule has 2 aromatic carbocycles. The van der Waals surface area contributed by atoms with E-state index in [1.807, 2.05) is 26.0 Å². The second kappa shape index (κ2) is 11.7. The molecule has 0 saturated heterocycles. The maximum Gasteiger partial charge on any atom is 0.338 e. The van der Waals surface area contributed by atoms with Gasteiger partial charge in [0.25, 0.3) is 5.56 Å².